The van der Waals surface area contributed by atoms with Gasteiger partial charge in [0.2, 0.25) is 0 Å². The Balaban J connectivity index is 1.74. The van der Waals surface area contributed by atoms with Crippen molar-refractivity contribution < 1.29 is 0 Å². The Morgan fingerprint density at radius 3 is 2.44 bits per heavy atom. The summed E-state index contributed by atoms with van der Waals surface area (Å²) in [5, 5.41) is 6.52. The molecule has 2 rings (SSSR count). The Morgan fingerprint density at radius 1 is 1.00 bits per heavy atom. The van der Waals surface area contributed by atoms with E-state index in [4.69, 9.17) is 5.73 Å². The van der Waals surface area contributed by atoms with Gasteiger partial charge in [-0.1, -0.05) is 22.0 Å². The molecule has 4 nitrogen and oxygen atoms in total. The summed E-state index contributed by atoms with van der Waals surface area (Å²) in [6.07, 6.45) is 0. The van der Waals surface area contributed by atoms with Crippen molar-refractivity contribution in [3.8, 4) is 0 Å². The Bertz CT molecular complexity index is 499. The van der Waals surface area contributed by atoms with E-state index < -0.39 is 0 Å². The summed E-state index contributed by atoms with van der Waals surface area (Å²) in [4.78, 5) is 4.16. The van der Waals surface area contributed by atoms with Crippen molar-refractivity contribution in [3.63, 3.8) is 0 Å². The summed E-state index contributed by atoms with van der Waals surface area (Å²) < 4.78 is 1.08. The minimum Gasteiger partial charge on any atom is -0.384 e. The fourth-order valence-corrected chi connectivity index (χ4v) is 1.78. The Morgan fingerprint density at radius 2 is 1.72 bits per heavy atom. The molecule has 0 radical (unpaired) electrons. The second-order valence-electron chi connectivity index (χ2n) is 3.81. The zero-order valence-electron chi connectivity index (χ0n) is 9.86. The van der Waals surface area contributed by atoms with Crippen molar-refractivity contribution in [2.45, 2.75) is 0 Å². The molecule has 4 N–H and O–H groups in total. The number of nitrogens with zero attached hydrogens (tertiary/aromatic N) is 1. The molecule has 2 aromatic rings. The maximum Gasteiger partial charge on any atom is 0.128 e. The molecule has 0 saturated heterocycles. The molecule has 1 aromatic heterocycles. The van der Waals surface area contributed by atoms with Gasteiger partial charge in [-0.25, -0.2) is 4.98 Å². The highest BCUT2D eigenvalue weighted by molar-refractivity contribution is 9.10. The quantitative estimate of drug-likeness (QED) is 0.743. The maximum absolute atomic E-state index is 5.60. The fraction of sp³-hybridized carbons (Fsp3) is 0.154. The highest BCUT2D eigenvalue weighted by Crippen LogP contribution is 2.13. The number of anilines is 3. The van der Waals surface area contributed by atoms with E-state index >= 15 is 0 Å². The van der Waals surface area contributed by atoms with Crippen molar-refractivity contribution in [1.29, 1.82) is 0 Å². The largest absolute Gasteiger partial charge is 0.384 e. The van der Waals surface area contributed by atoms with E-state index in [0.717, 1.165) is 29.1 Å². The molecule has 0 aliphatic heterocycles. The first-order chi connectivity index (χ1) is 8.74. The van der Waals surface area contributed by atoms with Gasteiger partial charge in [-0.15, -0.1) is 0 Å². The molecule has 0 spiro atoms. The van der Waals surface area contributed by atoms with Crippen LogP contribution in [0.1, 0.15) is 0 Å². The Kier molecular flexibility index (Phi) is 4.41. The number of pyridine rings is 1. The Hall–Kier alpha value is -1.75. The lowest BCUT2D eigenvalue weighted by Gasteiger charge is -2.08. The molecule has 0 aliphatic rings. The standard InChI is InChI=1S/C13H15BrN4/c14-10-4-6-11(7-5-10)16-8-9-17-13-3-1-2-12(15)18-13/h1-7,16H,8-9H2,(H3,15,17,18). The van der Waals surface area contributed by atoms with E-state index in [2.05, 4.69) is 31.5 Å². The summed E-state index contributed by atoms with van der Waals surface area (Å²) in [5.41, 5.74) is 6.69. The number of nitrogens with one attached hydrogen (secondary N) is 2. The number of hydrogen-bond acceptors (Lipinski definition) is 4. The summed E-state index contributed by atoms with van der Waals surface area (Å²) >= 11 is 3.40. The van der Waals surface area contributed by atoms with Gasteiger partial charge in [0.05, 0.1) is 0 Å². The highest BCUT2D eigenvalue weighted by atomic mass is 79.9. The molecule has 0 fully saturated rings. The number of nitrogen functional groups attached to an aromatic ring is 1. The van der Waals surface area contributed by atoms with Gasteiger partial charge in [-0.2, -0.15) is 0 Å². The van der Waals surface area contributed by atoms with Crippen LogP contribution in [0.2, 0.25) is 0 Å². The van der Waals surface area contributed by atoms with Crippen LogP contribution in [0.3, 0.4) is 0 Å². The lowest BCUT2D eigenvalue weighted by Crippen LogP contribution is -2.14. The predicted molar refractivity (Wildman–Crippen MR) is 79.8 cm³/mol. The highest BCUT2D eigenvalue weighted by Gasteiger charge is 1.94. The van der Waals surface area contributed by atoms with Gasteiger partial charge in [0, 0.05) is 23.2 Å². The number of aromatic nitrogens is 1. The first-order valence-electron chi connectivity index (χ1n) is 5.70. The maximum atomic E-state index is 5.60. The van der Waals surface area contributed by atoms with Crippen LogP contribution >= 0.6 is 15.9 Å². The van der Waals surface area contributed by atoms with Crippen molar-refractivity contribution in [3.05, 3.63) is 46.9 Å². The number of hydrogen-bond donors (Lipinski definition) is 3. The third-order valence-electron chi connectivity index (χ3n) is 2.38. The number of benzene rings is 1. The van der Waals surface area contributed by atoms with E-state index in [0.29, 0.717) is 5.82 Å². The molecule has 1 aromatic carbocycles. The van der Waals surface area contributed by atoms with Crippen molar-refractivity contribution in [2.75, 3.05) is 29.5 Å². The minimum atomic E-state index is 0.529. The topological polar surface area (TPSA) is 63.0 Å². The molecule has 5 heteroatoms. The SMILES string of the molecule is Nc1cccc(NCCNc2ccc(Br)cc2)n1. The van der Waals surface area contributed by atoms with Crippen LogP contribution in [-0.4, -0.2) is 18.1 Å². The molecular formula is C13H15BrN4. The second-order valence-corrected chi connectivity index (χ2v) is 4.72. The minimum absolute atomic E-state index is 0.529. The normalized spacial score (nSPS) is 10.1. The molecule has 0 bridgehead atoms. The van der Waals surface area contributed by atoms with Crippen LogP contribution < -0.4 is 16.4 Å². The Labute approximate surface area is 115 Å². The molecule has 0 unspecified atom stereocenters. The zero-order valence-corrected chi connectivity index (χ0v) is 11.4. The lowest BCUT2D eigenvalue weighted by atomic mass is 10.3. The van der Waals surface area contributed by atoms with E-state index in [1.807, 2.05) is 36.4 Å². The van der Waals surface area contributed by atoms with Crippen LogP contribution in [0, 0.1) is 0 Å². The second kappa shape index (κ2) is 6.26. The van der Waals surface area contributed by atoms with E-state index in [1.165, 1.54) is 0 Å². The van der Waals surface area contributed by atoms with Crippen LogP contribution in [0.25, 0.3) is 0 Å². The van der Waals surface area contributed by atoms with E-state index in [1.54, 1.807) is 6.07 Å². The fourth-order valence-electron chi connectivity index (χ4n) is 1.52. The van der Waals surface area contributed by atoms with Gasteiger partial charge in [0.1, 0.15) is 11.6 Å². The van der Waals surface area contributed by atoms with E-state index in [-0.39, 0.29) is 0 Å². The van der Waals surface area contributed by atoms with Crippen molar-refractivity contribution >= 4 is 33.3 Å². The van der Waals surface area contributed by atoms with Gasteiger partial charge in [0.25, 0.3) is 0 Å². The molecule has 0 amide bonds. The smallest absolute Gasteiger partial charge is 0.128 e. The third kappa shape index (κ3) is 3.92. The first kappa shape index (κ1) is 12.7. The van der Waals surface area contributed by atoms with Gasteiger partial charge in [0.15, 0.2) is 0 Å². The van der Waals surface area contributed by atoms with E-state index in [9.17, 15) is 0 Å². The van der Waals surface area contributed by atoms with Gasteiger partial charge in [-0.05, 0) is 36.4 Å². The van der Waals surface area contributed by atoms with Crippen molar-refractivity contribution in [1.82, 2.24) is 4.98 Å². The molecular weight excluding hydrogens is 292 g/mol. The number of nitrogens with two attached hydrogens (primary N) is 1. The van der Waals surface area contributed by atoms with Gasteiger partial charge >= 0.3 is 0 Å². The molecule has 0 aliphatic carbocycles. The molecule has 1 heterocycles. The summed E-state index contributed by atoms with van der Waals surface area (Å²) in [7, 11) is 0. The number of halogens is 1. The lowest BCUT2D eigenvalue weighted by molar-refractivity contribution is 1.06. The average Bonchev–Trinajstić information content (AvgIpc) is 2.37. The third-order valence-corrected chi connectivity index (χ3v) is 2.90. The predicted octanol–water partition coefficient (Wildman–Crippen LogP) is 2.95. The average molecular weight is 307 g/mol. The van der Waals surface area contributed by atoms with Gasteiger partial charge < -0.3 is 16.4 Å². The van der Waals surface area contributed by atoms with Crippen LogP contribution in [-0.2, 0) is 0 Å². The summed E-state index contributed by atoms with van der Waals surface area (Å²) in [6, 6.07) is 13.6. The van der Waals surface area contributed by atoms with Crippen LogP contribution in [0.4, 0.5) is 17.3 Å². The molecule has 0 atom stereocenters. The molecule has 0 saturated carbocycles. The first-order valence-corrected chi connectivity index (χ1v) is 6.49. The number of rotatable bonds is 5. The summed E-state index contributed by atoms with van der Waals surface area (Å²) in [5.74, 6) is 1.33. The van der Waals surface area contributed by atoms with Crippen LogP contribution in [0.15, 0.2) is 46.9 Å². The van der Waals surface area contributed by atoms with Gasteiger partial charge in [-0.3, -0.25) is 0 Å². The summed E-state index contributed by atoms with van der Waals surface area (Å²) in [6.45, 7) is 1.60. The molecule has 18 heavy (non-hydrogen) atoms. The molecule has 94 valence electrons. The van der Waals surface area contributed by atoms with Crippen LogP contribution in [0.5, 0.6) is 0 Å². The monoisotopic (exact) mass is 306 g/mol. The zero-order chi connectivity index (χ0) is 12.8. The van der Waals surface area contributed by atoms with Crippen molar-refractivity contribution in [2.24, 2.45) is 0 Å².